The molecule has 10 rings (SSSR count). The molecule has 1 aromatic heterocycles. The van der Waals surface area contributed by atoms with Crippen molar-refractivity contribution < 1.29 is 46.3 Å². The standard InChI is InChI=1S/C59H67F4N9O7/c60-42-13-11-40(51(63)31-42)32-64-33-53(73)72-34-41(35-72)39-12-15-49(61)47(30-39)56(75)65-55(38-6-2-1-3-7-38)59(78)70-22-18-44(19-23-70)79-43-16-20-68(21-17-43)36-54(74)69-24-26-71(27-25-69)58(77)48-28-37(10-14-50(48)62)29-52-45-8-4-5-9-46(45)57(76)67-66-52/h4-5,8-15,28,30-31,38,41,43-44,55,64H,1-3,6-7,16-27,29,32-36H2,(H,65,75)(H,67,76)/t55-/m1/s1. The number of amides is 5. The van der Waals surface area contributed by atoms with Gasteiger partial charge in [0.05, 0.1) is 47.5 Å². The van der Waals surface area contributed by atoms with Gasteiger partial charge in [0.1, 0.15) is 29.3 Å². The van der Waals surface area contributed by atoms with Gasteiger partial charge >= 0.3 is 0 Å². The summed E-state index contributed by atoms with van der Waals surface area (Å²) >= 11 is 0. The lowest BCUT2D eigenvalue weighted by atomic mass is 9.83. The monoisotopic (exact) mass is 1090 g/mol. The van der Waals surface area contributed by atoms with Crippen molar-refractivity contribution in [2.75, 3.05) is 78.5 Å². The van der Waals surface area contributed by atoms with Crippen LogP contribution in [0.3, 0.4) is 0 Å². The number of benzene rings is 4. The summed E-state index contributed by atoms with van der Waals surface area (Å²) in [5.41, 5.74) is 1.71. The number of H-pyrrole nitrogens is 1. The molecule has 4 aromatic carbocycles. The zero-order valence-electron chi connectivity index (χ0n) is 44.2. The molecular formula is C59H67F4N9O7. The molecule has 1 atom stereocenters. The third kappa shape index (κ3) is 13.2. The van der Waals surface area contributed by atoms with Gasteiger partial charge in [0, 0.05) is 101 Å². The number of piperidine rings is 2. The minimum atomic E-state index is -0.812. The maximum absolute atomic E-state index is 15.4. The molecule has 16 nitrogen and oxygen atoms in total. The van der Waals surface area contributed by atoms with Crippen molar-refractivity contribution in [1.29, 1.82) is 0 Å². The minimum absolute atomic E-state index is 0.00555. The van der Waals surface area contributed by atoms with E-state index in [-0.39, 0.29) is 103 Å². The van der Waals surface area contributed by atoms with Crippen molar-refractivity contribution in [3.8, 4) is 0 Å². The Balaban J connectivity index is 0.648. The van der Waals surface area contributed by atoms with Crippen LogP contribution in [0.25, 0.3) is 10.8 Å². The van der Waals surface area contributed by atoms with E-state index in [0.29, 0.717) is 92.8 Å². The number of carbonyl (C=O) groups is 5. The summed E-state index contributed by atoms with van der Waals surface area (Å²) in [7, 11) is 0. The normalized spacial score (nSPS) is 18.6. The van der Waals surface area contributed by atoms with Crippen LogP contribution in [0.5, 0.6) is 0 Å². The van der Waals surface area contributed by atoms with Crippen LogP contribution in [-0.4, -0.2) is 161 Å². The SMILES string of the molecule is O=C(N[C@@H](C(=O)N1CCC(OC2CCN(CC(=O)N3CCN(C(=O)c4cc(Cc5n[nH]c(=O)c6ccccc56)ccc4F)CC3)CC2)CC1)C1CCCCC1)c1cc(C2CN(C(=O)CNCc3ccc(F)cc3F)C2)ccc1F. The van der Waals surface area contributed by atoms with Gasteiger partial charge in [0.15, 0.2) is 0 Å². The van der Waals surface area contributed by atoms with E-state index in [1.807, 2.05) is 12.1 Å². The molecule has 5 heterocycles. The minimum Gasteiger partial charge on any atom is -0.375 e. The number of piperazine rings is 1. The van der Waals surface area contributed by atoms with Crippen molar-refractivity contribution >= 4 is 40.3 Å². The first-order chi connectivity index (χ1) is 38.2. The molecule has 5 amide bonds. The van der Waals surface area contributed by atoms with Crippen LogP contribution in [-0.2, 0) is 32.1 Å². The second-order valence-electron chi connectivity index (χ2n) is 21.8. The first kappa shape index (κ1) is 55.3. The Morgan fingerprint density at radius 1 is 0.658 bits per heavy atom. The lowest BCUT2D eigenvalue weighted by Gasteiger charge is -2.40. The molecule has 5 aliphatic rings. The number of hydrogen-bond donors (Lipinski definition) is 3. The molecule has 418 valence electrons. The fourth-order valence-corrected chi connectivity index (χ4v) is 11.9. The van der Waals surface area contributed by atoms with Gasteiger partial charge in [0.25, 0.3) is 17.4 Å². The van der Waals surface area contributed by atoms with Crippen molar-refractivity contribution in [3.63, 3.8) is 0 Å². The van der Waals surface area contributed by atoms with Gasteiger partial charge in [-0.1, -0.05) is 55.7 Å². The van der Waals surface area contributed by atoms with E-state index in [0.717, 1.165) is 57.1 Å². The predicted octanol–water partition coefficient (Wildman–Crippen LogP) is 5.92. The van der Waals surface area contributed by atoms with Gasteiger partial charge in [-0.05, 0) is 92.0 Å². The van der Waals surface area contributed by atoms with Crippen molar-refractivity contribution in [1.82, 2.24) is 45.3 Å². The number of likely N-dealkylation sites (tertiary alicyclic amines) is 3. The molecule has 0 bridgehead atoms. The molecule has 1 aliphatic carbocycles. The lowest BCUT2D eigenvalue weighted by Crippen LogP contribution is -2.55. The highest BCUT2D eigenvalue weighted by molar-refractivity contribution is 5.98. The van der Waals surface area contributed by atoms with Crippen LogP contribution < -0.4 is 16.2 Å². The number of halogens is 4. The first-order valence-corrected chi connectivity index (χ1v) is 27.8. The molecule has 5 fully saturated rings. The second kappa shape index (κ2) is 25.0. The Bertz CT molecular complexity index is 3110. The number of rotatable bonds is 16. The molecular weight excluding hydrogens is 1020 g/mol. The van der Waals surface area contributed by atoms with E-state index in [9.17, 15) is 37.5 Å². The van der Waals surface area contributed by atoms with E-state index >= 15 is 8.78 Å². The van der Waals surface area contributed by atoms with Crippen molar-refractivity contribution in [2.24, 2.45) is 5.92 Å². The van der Waals surface area contributed by atoms with Gasteiger partial charge in [0.2, 0.25) is 17.7 Å². The summed E-state index contributed by atoms with van der Waals surface area (Å²) in [6.45, 7) is 4.47. The fraction of sp³-hybridized carbons (Fsp3) is 0.475. The zero-order chi connectivity index (χ0) is 55.2. The Morgan fingerprint density at radius 3 is 2.05 bits per heavy atom. The zero-order valence-corrected chi connectivity index (χ0v) is 44.2. The Morgan fingerprint density at radius 2 is 1.33 bits per heavy atom. The molecule has 20 heteroatoms. The average molecular weight is 1090 g/mol. The third-order valence-corrected chi connectivity index (χ3v) is 16.6. The van der Waals surface area contributed by atoms with E-state index in [1.54, 1.807) is 43.9 Å². The van der Waals surface area contributed by atoms with E-state index in [2.05, 4.69) is 25.7 Å². The van der Waals surface area contributed by atoms with Crippen LogP contribution >= 0.6 is 0 Å². The first-order valence-electron chi connectivity index (χ1n) is 27.8. The van der Waals surface area contributed by atoms with Crippen LogP contribution in [0.1, 0.15) is 107 Å². The van der Waals surface area contributed by atoms with E-state index < -0.39 is 41.1 Å². The highest BCUT2D eigenvalue weighted by Gasteiger charge is 2.38. The van der Waals surface area contributed by atoms with Gasteiger partial charge in [-0.25, -0.2) is 22.7 Å². The van der Waals surface area contributed by atoms with Crippen LogP contribution in [0.15, 0.2) is 83.7 Å². The molecule has 4 saturated heterocycles. The number of nitrogens with zero attached hydrogens (tertiary/aromatic N) is 6. The molecule has 1 saturated carbocycles. The maximum atomic E-state index is 15.4. The van der Waals surface area contributed by atoms with E-state index in [1.165, 1.54) is 30.3 Å². The van der Waals surface area contributed by atoms with Gasteiger partial charge < -0.3 is 35.0 Å². The highest BCUT2D eigenvalue weighted by atomic mass is 19.1. The van der Waals surface area contributed by atoms with Crippen LogP contribution in [0.4, 0.5) is 17.6 Å². The number of aromatic nitrogens is 2. The molecule has 4 aliphatic heterocycles. The van der Waals surface area contributed by atoms with Crippen LogP contribution in [0, 0.1) is 29.2 Å². The van der Waals surface area contributed by atoms with Crippen molar-refractivity contribution in [3.05, 3.63) is 146 Å². The summed E-state index contributed by atoms with van der Waals surface area (Å²) in [5.74, 6) is -4.42. The number of carbonyl (C=O) groups excluding carboxylic acids is 5. The molecule has 5 aromatic rings. The molecule has 0 unspecified atom stereocenters. The summed E-state index contributed by atoms with van der Waals surface area (Å²) < 4.78 is 64.4. The molecule has 79 heavy (non-hydrogen) atoms. The van der Waals surface area contributed by atoms with Crippen LogP contribution in [0.2, 0.25) is 0 Å². The fourth-order valence-electron chi connectivity index (χ4n) is 11.9. The largest absolute Gasteiger partial charge is 0.375 e. The second-order valence-corrected chi connectivity index (χ2v) is 21.8. The number of fused-ring (bicyclic) bond motifs is 1. The number of ether oxygens (including phenoxy) is 1. The highest BCUT2D eigenvalue weighted by Crippen LogP contribution is 2.32. The average Bonchev–Trinajstić information content (AvgIpc) is 3.46. The third-order valence-electron chi connectivity index (χ3n) is 16.6. The molecule has 3 N–H and O–H groups in total. The van der Waals surface area contributed by atoms with Gasteiger partial charge in [-0.15, -0.1) is 0 Å². The Hall–Kier alpha value is -7.03. The summed E-state index contributed by atoms with van der Waals surface area (Å²) in [5, 5.41) is 13.8. The smallest absolute Gasteiger partial charge is 0.272 e. The van der Waals surface area contributed by atoms with Gasteiger partial charge in [-0.3, -0.25) is 33.7 Å². The van der Waals surface area contributed by atoms with Gasteiger partial charge in [-0.2, -0.15) is 5.10 Å². The quantitative estimate of drug-likeness (QED) is 0.101. The van der Waals surface area contributed by atoms with E-state index in [4.69, 9.17) is 4.74 Å². The van der Waals surface area contributed by atoms with Crippen molar-refractivity contribution in [2.45, 2.75) is 94.9 Å². The molecule has 0 radical (unpaired) electrons. The maximum Gasteiger partial charge on any atom is 0.272 e. The number of hydrogen-bond acceptors (Lipinski definition) is 10. The number of aromatic amines is 1. The molecule has 0 spiro atoms. The predicted molar refractivity (Wildman–Crippen MR) is 286 cm³/mol. The number of nitrogens with one attached hydrogen (secondary N) is 3. The summed E-state index contributed by atoms with van der Waals surface area (Å²) in [4.78, 5) is 89.4. The topological polar surface area (TPSA) is 181 Å². The Labute approximate surface area is 455 Å². The Kier molecular flexibility index (Phi) is 17.5. The summed E-state index contributed by atoms with van der Waals surface area (Å²) in [6.07, 6.45) is 7.48. The lowest BCUT2D eigenvalue weighted by molar-refractivity contribution is -0.140. The summed E-state index contributed by atoms with van der Waals surface area (Å²) in [6, 6.07) is 18.4.